The van der Waals surface area contributed by atoms with E-state index in [1.807, 2.05) is 0 Å². The minimum atomic E-state index is -4.53. The Balaban J connectivity index is 2.35. The first kappa shape index (κ1) is 14.6. The second-order valence-electron chi connectivity index (χ2n) is 4.67. The van der Waals surface area contributed by atoms with Gasteiger partial charge in [0.05, 0.1) is 5.56 Å². The summed E-state index contributed by atoms with van der Waals surface area (Å²) in [5, 5.41) is 11.9. The van der Waals surface area contributed by atoms with Crippen molar-refractivity contribution in [2.24, 2.45) is 0 Å². The molecule has 1 aromatic rings. The Labute approximate surface area is 113 Å². The van der Waals surface area contributed by atoms with Crippen molar-refractivity contribution in [1.29, 1.82) is 0 Å². The summed E-state index contributed by atoms with van der Waals surface area (Å²) >= 11 is 0. The minimum Gasteiger partial charge on any atom is -0.480 e. The van der Waals surface area contributed by atoms with E-state index < -0.39 is 23.2 Å². The molecule has 2 N–H and O–H groups in total. The third-order valence-electron chi connectivity index (χ3n) is 3.36. The number of hydrogen-bond donors (Lipinski definition) is 2. The van der Waals surface area contributed by atoms with Crippen molar-refractivity contribution in [3.63, 3.8) is 0 Å². The van der Waals surface area contributed by atoms with E-state index in [0.29, 0.717) is 0 Å². The summed E-state index contributed by atoms with van der Waals surface area (Å²) in [4.78, 5) is 11.4. The number of carbonyl (C=O) groups is 1. The van der Waals surface area contributed by atoms with Crippen LogP contribution < -0.4 is 5.32 Å². The molecule has 1 aliphatic heterocycles. The summed E-state index contributed by atoms with van der Waals surface area (Å²) in [6.45, 7) is 0.404. The highest BCUT2D eigenvalue weighted by Gasteiger charge is 2.42. The maximum Gasteiger partial charge on any atom is 0.418 e. The van der Waals surface area contributed by atoms with Crippen LogP contribution in [-0.2, 0) is 15.7 Å². The quantitative estimate of drug-likeness (QED) is 0.898. The van der Waals surface area contributed by atoms with Gasteiger partial charge in [0.25, 0.3) is 0 Å². The van der Waals surface area contributed by atoms with Gasteiger partial charge in [0, 0.05) is 31.7 Å². The molecule has 1 saturated heterocycles. The summed E-state index contributed by atoms with van der Waals surface area (Å²) in [7, 11) is 0. The Hall–Kier alpha value is -1.76. The fourth-order valence-corrected chi connectivity index (χ4v) is 2.21. The van der Waals surface area contributed by atoms with Crippen LogP contribution in [0.4, 0.5) is 18.9 Å². The van der Waals surface area contributed by atoms with Crippen molar-refractivity contribution in [3.8, 4) is 0 Å². The molecule has 2 rings (SSSR count). The highest BCUT2D eigenvalue weighted by Crippen LogP contribution is 2.37. The van der Waals surface area contributed by atoms with Gasteiger partial charge in [-0.3, -0.25) is 0 Å². The van der Waals surface area contributed by atoms with Gasteiger partial charge in [0.1, 0.15) is 5.54 Å². The second-order valence-corrected chi connectivity index (χ2v) is 4.67. The van der Waals surface area contributed by atoms with Crippen molar-refractivity contribution in [3.05, 3.63) is 29.8 Å². The number of rotatable bonds is 3. The van der Waals surface area contributed by atoms with Crippen LogP contribution in [0.1, 0.15) is 18.4 Å². The summed E-state index contributed by atoms with van der Waals surface area (Å²) in [6, 6.07) is 4.87. The molecule has 0 unspecified atom stereocenters. The summed E-state index contributed by atoms with van der Waals surface area (Å²) in [5.41, 5.74) is -2.50. The number of aliphatic carboxylic acids is 1. The maximum absolute atomic E-state index is 12.9. The lowest BCUT2D eigenvalue weighted by Crippen LogP contribution is -2.50. The van der Waals surface area contributed by atoms with Crippen molar-refractivity contribution >= 4 is 11.7 Å². The van der Waals surface area contributed by atoms with Crippen LogP contribution in [-0.4, -0.2) is 29.8 Å². The number of para-hydroxylation sites is 1. The summed E-state index contributed by atoms with van der Waals surface area (Å²) in [5.74, 6) is -1.17. The van der Waals surface area contributed by atoms with E-state index in [0.717, 1.165) is 6.07 Å². The third-order valence-corrected chi connectivity index (χ3v) is 3.36. The molecule has 0 saturated carbocycles. The van der Waals surface area contributed by atoms with Gasteiger partial charge in [-0.05, 0) is 12.1 Å². The third kappa shape index (κ3) is 2.87. The highest BCUT2D eigenvalue weighted by atomic mass is 19.4. The zero-order valence-electron chi connectivity index (χ0n) is 10.5. The molecule has 1 fully saturated rings. The van der Waals surface area contributed by atoms with Crippen LogP contribution in [0.2, 0.25) is 0 Å². The Bertz CT molecular complexity index is 496. The molecule has 0 aromatic heterocycles. The average molecular weight is 289 g/mol. The van der Waals surface area contributed by atoms with Crippen LogP contribution in [0.5, 0.6) is 0 Å². The number of carboxylic acid groups (broad SMARTS) is 1. The van der Waals surface area contributed by atoms with Gasteiger partial charge in [-0.25, -0.2) is 4.79 Å². The number of ether oxygens (including phenoxy) is 1. The molecule has 1 aromatic carbocycles. The molecule has 0 amide bonds. The van der Waals surface area contributed by atoms with Gasteiger partial charge >= 0.3 is 12.1 Å². The predicted octanol–water partition coefficient (Wildman–Crippen LogP) is 2.75. The number of halogens is 3. The highest BCUT2D eigenvalue weighted by molar-refractivity contribution is 5.83. The lowest BCUT2D eigenvalue weighted by atomic mass is 9.89. The van der Waals surface area contributed by atoms with E-state index in [1.54, 1.807) is 0 Å². The van der Waals surface area contributed by atoms with Crippen LogP contribution in [0.15, 0.2) is 24.3 Å². The molecular formula is C13H14F3NO3. The standard InChI is InChI=1S/C13H14F3NO3/c14-13(15,16)9-3-1-2-4-10(9)17-12(11(18)19)5-7-20-8-6-12/h1-4,17H,5-8H2,(H,18,19). The van der Waals surface area contributed by atoms with Gasteiger partial charge in [-0.15, -0.1) is 0 Å². The maximum atomic E-state index is 12.9. The zero-order valence-corrected chi connectivity index (χ0v) is 10.5. The molecule has 110 valence electrons. The lowest BCUT2D eigenvalue weighted by Gasteiger charge is -2.35. The molecule has 0 radical (unpaired) electrons. The molecular weight excluding hydrogens is 275 g/mol. The molecule has 0 spiro atoms. The molecule has 20 heavy (non-hydrogen) atoms. The second kappa shape index (κ2) is 5.32. The predicted molar refractivity (Wildman–Crippen MR) is 65.5 cm³/mol. The Morgan fingerprint density at radius 1 is 1.25 bits per heavy atom. The SMILES string of the molecule is O=C(O)C1(Nc2ccccc2C(F)(F)F)CCOCC1. The molecule has 7 heteroatoms. The molecule has 1 heterocycles. The Morgan fingerprint density at radius 3 is 2.40 bits per heavy atom. The normalized spacial score (nSPS) is 18.6. The van der Waals surface area contributed by atoms with Gasteiger partial charge < -0.3 is 15.2 Å². The van der Waals surface area contributed by atoms with Crippen molar-refractivity contribution < 1.29 is 27.8 Å². The van der Waals surface area contributed by atoms with Crippen LogP contribution in [0, 0.1) is 0 Å². The number of benzene rings is 1. The lowest BCUT2D eigenvalue weighted by molar-refractivity contribution is -0.146. The van der Waals surface area contributed by atoms with Crippen molar-refractivity contribution in [1.82, 2.24) is 0 Å². The van der Waals surface area contributed by atoms with E-state index in [-0.39, 0.29) is 31.7 Å². The Morgan fingerprint density at radius 2 is 1.85 bits per heavy atom. The fraction of sp³-hybridized carbons (Fsp3) is 0.462. The molecule has 0 atom stereocenters. The van der Waals surface area contributed by atoms with E-state index >= 15 is 0 Å². The fourth-order valence-electron chi connectivity index (χ4n) is 2.21. The topological polar surface area (TPSA) is 58.6 Å². The smallest absolute Gasteiger partial charge is 0.418 e. The van der Waals surface area contributed by atoms with E-state index in [2.05, 4.69) is 5.32 Å². The van der Waals surface area contributed by atoms with Crippen molar-refractivity contribution in [2.45, 2.75) is 24.6 Å². The summed E-state index contributed by atoms with van der Waals surface area (Å²) < 4.78 is 43.8. The number of carboxylic acids is 1. The molecule has 1 aliphatic rings. The Kier molecular flexibility index (Phi) is 3.89. The molecule has 4 nitrogen and oxygen atoms in total. The summed E-state index contributed by atoms with van der Waals surface area (Å²) in [6.07, 6.45) is -4.29. The number of anilines is 1. The van der Waals surface area contributed by atoms with Gasteiger partial charge in [-0.1, -0.05) is 12.1 Å². The zero-order chi connectivity index (χ0) is 14.8. The molecule has 0 aliphatic carbocycles. The first-order chi connectivity index (χ1) is 9.35. The van der Waals surface area contributed by atoms with E-state index in [1.165, 1.54) is 18.2 Å². The van der Waals surface area contributed by atoms with E-state index in [4.69, 9.17) is 4.74 Å². The number of nitrogens with one attached hydrogen (secondary N) is 1. The minimum absolute atomic E-state index is 0.120. The van der Waals surface area contributed by atoms with Gasteiger partial charge in [0.15, 0.2) is 0 Å². The van der Waals surface area contributed by atoms with Crippen LogP contribution in [0.3, 0.4) is 0 Å². The number of alkyl halides is 3. The first-order valence-electron chi connectivity index (χ1n) is 6.11. The van der Waals surface area contributed by atoms with Crippen molar-refractivity contribution in [2.75, 3.05) is 18.5 Å². The number of hydrogen-bond acceptors (Lipinski definition) is 3. The molecule has 0 bridgehead atoms. The van der Waals surface area contributed by atoms with Crippen LogP contribution in [0.25, 0.3) is 0 Å². The average Bonchev–Trinajstić information content (AvgIpc) is 2.39. The first-order valence-corrected chi connectivity index (χ1v) is 6.11. The van der Waals surface area contributed by atoms with E-state index in [9.17, 15) is 23.1 Å². The van der Waals surface area contributed by atoms with Gasteiger partial charge in [-0.2, -0.15) is 13.2 Å². The largest absolute Gasteiger partial charge is 0.480 e. The van der Waals surface area contributed by atoms with Gasteiger partial charge in [0.2, 0.25) is 0 Å². The van der Waals surface area contributed by atoms with Crippen LogP contribution >= 0.6 is 0 Å². The monoisotopic (exact) mass is 289 g/mol.